The number of aliphatic hydroxyl groups is 1. The first-order valence-electron chi connectivity index (χ1n) is 6.96. The molecule has 2 saturated carbocycles. The van der Waals surface area contributed by atoms with Crippen LogP contribution >= 0.6 is 0 Å². The van der Waals surface area contributed by atoms with Crippen LogP contribution in [0, 0.1) is 5.92 Å². The van der Waals surface area contributed by atoms with Gasteiger partial charge in [-0.05, 0) is 25.7 Å². The van der Waals surface area contributed by atoms with Gasteiger partial charge in [0, 0.05) is 0 Å². The summed E-state index contributed by atoms with van der Waals surface area (Å²) in [5.41, 5.74) is -0.564. The Bertz CT molecular complexity index is 473. The third-order valence-corrected chi connectivity index (χ3v) is 4.45. The highest BCUT2D eigenvalue weighted by Gasteiger charge is 2.49. The molecule has 6 nitrogen and oxygen atoms in total. The summed E-state index contributed by atoms with van der Waals surface area (Å²) in [5, 5.41) is 27.4. The minimum atomic E-state index is -1.09. The number of carboxylic acids is 1. The number of hydrogen-bond acceptors (Lipinski definition) is 4. The molecule has 1 aromatic heterocycles. The highest BCUT2D eigenvalue weighted by Crippen LogP contribution is 2.45. The summed E-state index contributed by atoms with van der Waals surface area (Å²) in [6.45, 7) is 0. The third-order valence-electron chi connectivity index (χ3n) is 4.45. The Hall–Kier alpha value is -1.43. The van der Waals surface area contributed by atoms with Crippen molar-refractivity contribution in [2.45, 2.75) is 56.6 Å². The largest absolute Gasteiger partial charge is 0.481 e. The molecule has 2 aliphatic carbocycles. The highest BCUT2D eigenvalue weighted by atomic mass is 16.4. The van der Waals surface area contributed by atoms with Crippen LogP contribution < -0.4 is 0 Å². The molecule has 0 unspecified atom stereocenters. The fourth-order valence-electron chi connectivity index (χ4n) is 3.15. The Morgan fingerprint density at radius 1 is 1.32 bits per heavy atom. The Morgan fingerprint density at radius 3 is 2.63 bits per heavy atom. The first-order valence-corrected chi connectivity index (χ1v) is 6.96. The van der Waals surface area contributed by atoms with Gasteiger partial charge in [-0.15, -0.1) is 5.10 Å². The molecule has 0 radical (unpaired) electrons. The van der Waals surface area contributed by atoms with Crippen LogP contribution in [-0.2, 0) is 10.4 Å². The van der Waals surface area contributed by atoms with E-state index in [-0.39, 0.29) is 12.8 Å². The summed E-state index contributed by atoms with van der Waals surface area (Å²) in [5.74, 6) is -1.30. The van der Waals surface area contributed by atoms with Gasteiger partial charge < -0.3 is 10.2 Å². The average Bonchev–Trinajstić information content (AvgIpc) is 2.85. The lowest BCUT2D eigenvalue weighted by molar-refractivity contribution is -0.160. The molecule has 0 saturated heterocycles. The lowest BCUT2D eigenvalue weighted by atomic mass is 9.69. The van der Waals surface area contributed by atoms with E-state index in [1.54, 1.807) is 6.20 Å². The van der Waals surface area contributed by atoms with Gasteiger partial charge in [0.2, 0.25) is 0 Å². The highest BCUT2D eigenvalue weighted by molar-refractivity contribution is 5.71. The number of carbonyl (C=O) groups is 1. The molecule has 0 spiro atoms. The van der Waals surface area contributed by atoms with E-state index < -0.39 is 17.5 Å². The van der Waals surface area contributed by atoms with E-state index in [1.807, 2.05) is 4.68 Å². The van der Waals surface area contributed by atoms with Crippen molar-refractivity contribution in [3.63, 3.8) is 0 Å². The molecule has 0 bridgehead atoms. The first-order chi connectivity index (χ1) is 9.08. The molecule has 3 rings (SSSR count). The monoisotopic (exact) mass is 265 g/mol. The van der Waals surface area contributed by atoms with Gasteiger partial charge in [0.1, 0.15) is 11.3 Å². The molecular formula is C13H19N3O3. The van der Waals surface area contributed by atoms with Crippen LogP contribution in [0.5, 0.6) is 0 Å². The van der Waals surface area contributed by atoms with E-state index in [2.05, 4.69) is 10.3 Å². The van der Waals surface area contributed by atoms with E-state index in [1.165, 1.54) is 19.3 Å². The molecule has 2 fully saturated rings. The lowest BCUT2D eigenvalue weighted by Gasteiger charge is -2.39. The zero-order valence-electron chi connectivity index (χ0n) is 10.8. The van der Waals surface area contributed by atoms with Crippen LogP contribution in [0.4, 0.5) is 0 Å². The molecule has 6 heteroatoms. The van der Waals surface area contributed by atoms with Gasteiger partial charge >= 0.3 is 5.97 Å². The zero-order chi connectivity index (χ0) is 13.5. The van der Waals surface area contributed by atoms with Crippen molar-refractivity contribution in [3.05, 3.63) is 11.9 Å². The maximum Gasteiger partial charge on any atom is 0.306 e. The van der Waals surface area contributed by atoms with Crippen molar-refractivity contribution >= 4 is 5.97 Å². The van der Waals surface area contributed by atoms with Crippen molar-refractivity contribution in [1.82, 2.24) is 15.0 Å². The lowest BCUT2D eigenvalue weighted by Crippen LogP contribution is -2.44. The summed E-state index contributed by atoms with van der Waals surface area (Å²) < 4.78 is 1.85. The molecule has 19 heavy (non-hydrogen) atoms. The predicted octanol–water partition coefficient (Wildman–Crippen LogP) is 1.47. The molecule has 0 aliphatic heterocycles. The molecule has 1 aromatic rings. The number of aliphatic carboxylic acids is 1. The average molecular weight is 265 g/mol. The SMILES string of the molecule is O=C(O)C1CC(O)(c2cn(C3CCCCC3)nn2)C1. The fraction of sp³-hybridized carbons (Fsp3) is 0.769. The van der Waals surface area contributed by atoms with Crippen molar-refractivity contribution < 1.29 is 15.0 Å². The van der Waals surface area contributed by atoms with E-state index in [4.69, 9.17) is 5.11 Å². The maximum atomic E-state index is 10.8. The van der Waals surface area contributed by atoms with E-state index >= 15 is 0 Å². The Morgan fingerprint density at radius 2 is 2.00 bits per heavy atom. The van der Waals surface area contributed by atoms with Crippen molar-refractivity contribution in [2.75, 3.05) is 0 Å². The second-order valence-corrected chi connectivity index (χ2v) is 5.85. The standard InChI is InChI=1S/C13H19N3O3/c17-12(18)9-6-13(19,7-9)11-8-16(15-14-11)10-4-2-1-3-5-10/h8-10,19H,1-7H2,(H,17,18). The Labute approximate surface area is 111 Å². The second-order valence-electron chi connectivity index (χ2n) is 5.85. The maximum absolute atomic E-state index is 10.8. The number of aromatic nitrogens is 3. The van der Waals surface area contributed by atoms with Gasteiger partial charge in [0.05, 0.1) is 18.2 Å². The summed E-state index contributed by atoms with van der Waals surface area (Å²) in [6, 6.07) is 0.383. The van der Waals surface area contributed by atoms with Gasteiger partial charge in [-0.2, -0.15) is 0 Å². The molecule has 2 aliphatic rings. The van der Waals surface area contributed by atoms with Crippen LogP contribution in [0.2, 0.25) is 0 Å². The van der Waals surface area contributed by atoms with E-state index in [9.17, 15) is 9.90 Å². The summed E-state index contributed by atoms with van der Waals surface area (Å²) in [6.07, 6.45) is 8.21. The topological polar surface area (TPSA) is 88.2 Å². The number of hydrogen-bond donors (Lipinski definition) is 2. The van der Waals surface area contributed by atoms with Gasteiger partial charge in [-0.3, -0.25) is 4.79 Å². The van der Waals surface area contributed by atoms with Crippen molar-refractivity contribution in [3.8, 4) is 0 Å². The van der Waals surface area contributed by atoms with Crippen molar-refractivity contribution in [2.24, 2.45) is 5.92 Å². The predicted molar refractivity (Wildman–Crippen MR) is 66.4 cm³/mol. The quantitative estimate of drug-likeness (QED) is 0.864. The van der Waals surface area contributed by atoms with Gasteiger partial charge in [-0.1, -0.05) is 24.5 Å². The first kappa shape index (κ1) is 12.6. The van der Waals surface area contributed by atoms with Crippen LogP contribution in [-0.4, -0.2) is 31.2 Å². The normalized spacial score (nSPS) is 31.9. The second kappa shape index (κ2) is 4.59. The van der Waals surface area contributed by atoms with Gasteiger partial charge in [0.25, 0.3) is 0 Å². The van der Waals surface area contributed by atoms with Gasteiger partial charge in [0.15, 0.2) is 0 Å². The molecule has 2 N–H and O–H groups in total. The van der Waals surface area contributed by atoms with E-state index in [0.29, 0.717) is 11.7 Å². The molecule has 0 atom stereocenters. The Kier molecular flexibility index (Phi) is 3.05. The molecule has 0 amide bonds. The van der Waals surface area contributed by atoms with Crippen LogP contribution in [0.25, 0.3) is 0 Å². The van der Waals surface area contributed by atoms with Crippen LogP contribution in [0.1, 0.15) is 56.7 Å². The minimum Gasteiger partial charge on any atom is -0.481 e. The van der Waals surface area contributed by atoms with Crippen LogP contribution in [0.15, 0.2) is 6.20 Å². The van der Waals surface area contributed by atoms with E-state index in [0.717, 1.165) is 12.8 Å². The summed E-state index contributed by atoms with van der Waals surface area (Å²) in [4.78, 5) is 10.8. The minimum absolute atomic E-state index is 0.242. The van der Waals surface area contributed by atoms with Crippen molar-refractivity contribution in [1.29, 1.82) is 0 Å². The summed E-state index contributed by atoms with van der Waals surface area (Å²) >= 11 is 0. The Balaban J connectivity index is 1.70. The fourth-order valence-corrected chi connectivity index (χ4v) is 3.15. The smallest absolute Gasteiger partial charge is 0.306 e. The van der Waals surface area contributed by atoms with Crippen LogP contribution in [0.3, 0.4) is 0 Å². The summed E-state index contributed by atoms with van der Waals surface area (Å²) in [7, 11) is 0. The number of carboxylic acid groups (broad SMARTS) is 1. The molecule has 104 valence electrons. The molecular weight excluding hydrogens is 246 g/mol. The zero-order valence-corrected chi connectivity index (χ0v) is 10.8. The number of nitrogens with zero attached hydrogens (tertiary/aromatic N) is 3. The van der Waals surface area contributed by atoms with Gasteiger partial charge in [-0.25, -0.2) is 4.68 Å². The molecule has 0 aromatic carbocycles. The third kappa shape index (κ3) is 2.25. The number of rotatable bonds is 3. The molecule has 1 heterocycles.